The normalized spacial score (nSPS) is 23.7. The first-order valence-corrected chi connectivity index (χ1v) is 6.31. The number of methoxy groups -OCH3 is 1. The van der Waals surface area contributed by atoms with E-state index >= 15 is 0 Å². The van der Waals surface area contributed by atoms with Crippen molar-refractivity contribution in [2.75, 3.05) is 26.9 Å². The lowest BCUT2D eigenvalue weighted by atomic mass is 10.2. The minimum atomic E-state index is 0.243. The van der Waals surface area contributed by atoms with Gasteiger partial charge in [0.2, 0.25) is 0 Å². The summed E-state index contributed by atoms with van der Waals surface area (Å²) in [6.07, 6.45) is 0.287. The molecule has 1 saturated heterocycles. The molecule has 2 atom stereocenters. The molecule has 1 aliphatic heterocycles. The lowest BCUT2D eigenvalue weighted by molar-refractivity contribution is 0.00435. The Kier molecular flexibility index (Phi) is 4.44. The number of morpholine rings is 1. The van der Waals surface area contributed by atoms with Crippen molar-refractivity contribution in [2.24, 2.45) is 0 Å². The monoisotopic (exact) mass is 251 g/mol. The second-order valence-corrected chi connectivity index (χ2v) is 4.71. The molecule has 0 bridgehead atoms. The fraction of sp³-hybridized carbons (Fsp3) is 0.571. The van der Waals surface area contributed by atoms with Crippen LogP contribution in [-0.4, -0.2) is 39.0 Å². The molecule has 1 fully saturated rings. The number of hydrogen-bond acceptors (Lipinski definition) is 4. The van der Waals surface area contributed by atoms with Crippen molar-refractivity contribution in [1.29, 1.82) is 0 Å². The average molecular weight is 251 g/mol. The van der Waals surface area contributed by atoms with E-state index in [0.29, 0.717) is 13.2 Å². The first-order chi connectivity index (χ1) is 8.69. The van der Waals surface area contributed by atoms with E-state index in [1.54, 1.807) is 7.11 Å². The third kappa shape index (κ3) is 3.37. The third-order valence-electron chi connectivity index (χ3n) is 3.04. The smallest absolute Gasteiger partial charge is 0.161 e. The van der Waals surface area contributed by atoms with E-state index in [0.717, 1.165) is 23.6 Å². The summed E-state index contributed by atoms with van der Waals surface area (Å²) in [5.74, 6) is 1.56. The number of ether oxygens (including phenoxy) is 3. The fourth-order valence-electron chi connectivity index (χ4n) is 1.92. The first kappa shape index (κ1) is 13.2. The van der Waals surface area contributed by atoms with Crippen LogP contribution < -0.4 is 14.8 Å². The molecule has 4 nitrogen and oxygen atoms in total. The maximum absolute atomic E-state index is 5.79. The largest absolute Gasteiger partial charge is 0.493 e. The van der Waals surface area contributed by atoms with Gasteiger partial charge in [-0.3, -0.25) is 0 Å². The summed E-state index contributed by atoms with van der Waals surface area (Å²) < 4.78 is 16.7. The Morgan fingerprint density at radius 3 is 2.89 bits per heavy atom. The molecule has 1 heterocycles. The molecule has 2 rings (SSSR count). The van der Waals surface area contributed by atoms with Crippen molar-refractivity contribution in [3.8, 4) is 11.5 Å². The predicted molar refractivity (Wildman–Crippen MR) is 70.4 cm³/mol. The Morgan fingerprint density at radius 2 is 2.22 bits per heavy atom. The highest BCUT2D eigenvalue weighted by Crippen LogP contribution is 2.27. The van der Waals surface area contributed by atoms with Crippen molar-refractivity contribution >= 4 is 0 Å². The summed E-state index contributed by atoms with van der Waals surface area (Å²) in [4.78, 5) is 0. The van der Waals surface area contributed by atoms with Gasteiger partial charge in [0.25, 0.3) is 0 Å². The topological polar surface area (TPSA) is 39.7 Å². The molecule has 0 saturated carbocycles. The molecule has 1 aromatic carbocycles. The second-order valence-electron chi connectivity index (χ2n) is 4.71. The van der Waals surface area contributed by atoms with Crippen LogP contribution in [0.5, 0.6) is 11.5 Å². The van der Waals surface area contributed by atoms with Gasteiger partial charge in [0, 0.05) is 6.54 Å². The number of hydrogen-bond donors (Lipinski definition) is 1. The molecule has 1 aromatic rings. The first-order valence-electron chi connectivity index (χ1n) is 6.31. The molecule has 0 radical (unpaired) electrons. The number of aryl methyl sites for hydroxylation is 1. The molecule has 0 spiro atoms. The Bertz CT molecular complexity index is 387. The minimum absolute atomic E-state index is 0.243. The summed E-state index contributed by atoms with van der Waals surface area (Å²) in [6, 6.07) is 6.18. The van der Waals surface area contributed by atoms with Crippen molar-refractivity contribution in [3.63, 3.8) is 0 Å². The van der Waals surface area contributed by atoms with Crippen LogP contribution in [-0.2, 0) is 4.74 Å². The van der Waals surface area contributed by atoms with Gasteiger partial charge >= 0.3 is 0 Å². The maximum Gasteiger partial charge on any atom is 0.161 e. The number of rotatable bonds is 4. The lowest BCUT2D eigenvalue weighted by Crippen LogP contribution is -2.48. The van der Waals surface area contributed by atoms with Crippen molar-refractivity contribution in [3.05, 3.63) is 23.8 Å². The van der Waals surface area contributed by atoms with Gasteiger partial charge in [0.05, 0.1) is 25.9 Å². The zero-order valence-electron chi connectivity index (χ0n) is 11.2. The molecule has 0 aromatic heterocycles. The van der Waals surface area contributed by atoms with E-state index in [4.69, 9.17) is 14.2 Å². The standard InChI is InChI=1S/C14H21NO3/c1-10-4-5-13(14(6-10)16-3)18-9-12-8-17-11(2)7-15-12/h4-6,11-12,15H,7-9H2,1-3H3. The van der Waals surface area contributed by atoms with E-state index in [1.165, 1.54) is 0 Å². The molecule has 100 valence electrons. The average Bonchev–Trinajstić information content (AvgIpc) is 2.39. The van der Waals surface area contributed by atoms with Crippen LogP contribution in [0.2, 0.25) is 0 Å². The van der Waals surface area contributed by atoms with E-state index in [9.17, 15) is 0 Å². The zero-order chi connectivity index (χ0) is 13.0. The van der Waals surface area contributed by atoms with Crippen LogP contribution in [0.15, 0.2) is 18.2 Å². The molecule has 1 aliphatic rings. The zero-order valence-corrected chi connectivity index (χ0v) is 11.2. The SMILES string of the molecule is COc1cc(C)ccc1OCC1COC(C)CN1. The fourth-order valence-corrected chi connectivity index (χ4v) is 1.92. The van der Waals surface area contributed by atoms with Crippen LogP contribution >= 0.6 is 0 Å². The minimum Gasteiger partial charge on any atom is -0.493 e. The van der Waals surface area contributed by atoms with Gasteiger partial charge < -0.3 is 19.5 Å². The van der Waals surface area contributed by atoms with Gasteiger partial charge in [-0.1, -0.05) is 6.07 Å². The van der Waals surface area contributed by atoms with Gasteiger partial charge in [-0.05, 0) is 31.5 Å². The van der Waals surface area contributed by atoms with E-state index in [1.807, 2.05) is 25.1 Å². The van der Waals surface area contributed by atoms with Crippen molar-refractivity contribution < 1.29 is 14.2 Å². The molecule has 18 heavy (non-hydrogen) atoms. The summed E-state index contributed by atoms with van der Waals surface area (Å²) in [5.41, 5.74) is 1.16. The molecule has 1 N–H and O–H groups in total. The Hall–Kier alpha value is -1.26. The Morgan fingerprint density at radius 1 is 1.39 bits per heavy atom. The summed E-state index contributed by atoms with van der Waals surface area (Å²) in [5, 5.41) is 3.40. The van der Waals surface area contributed by atoms with Crippen molar-refractivity contribution in [1.82, 2.24) is 5.32 Å². The van der Waals surface area contributed by atoms with Gasteiger partial charge in [-0.25, -0.2) is 0 Å². The molecule has 4 heteroatoms. The van der Waals surface area contributed by atoms with E-state index in [2.05, 4.69) is 12.2 Å². The molecule has 0 aliphatic carbocycles. The van der Waals surface area contributed by atoms with Gasteiger partial charge in [-0.15, -0.1) is 0 Å². The summed E-state index contributed by atoms with van der Waals surface area (Å²) in [6.45, 7) is 6.25. The van der Waals surface area contributed by atoms with Gasteiger partial charge in [-0.2, -0.15) is 0 Å². The van der Waals surface area contributed by atoms with Crippen LogP contribution in [0.1, 0.15) is 12.5 Å². The van der Waals surface area contributed by atoms with Gasteiger partial charge in [0.1, 0.15) is 6.61 Å². The Balaban J connectivity index is 1.90. The van der Waals surface area contributed by atoms with E-state index < -0.39 is 0 Å². The second kappa shape index (κ2) is 6.07. The van der Waals surface area contributed by atoms with Crippen molar-refractivity contribution in [2.45, 2.75) is 26.0 Å². The highest BCUT2D eigenvalue weighted by Gasteiger charge is 2.18. The highest BCUT2D eigenvalue weighted by atomic mass is 16.5. The number of nitrogens with one attached hydrogen (secondary N) is 1. The van der Waals surface area contributed by atoms with Crippen LogP contribution in [0.3, 0.4) is 0 Å². The maximum atomic E-state index is 5.79. The van der Waals surface area contributed by atoms with E-state index in [-0.39, 0.29) is 12.1 Å². The molecule has 2 unspecified atom stereocenters. The van der Waals surface area contributed by atoms with Gasteiger partial charge in [0.15, 0.2) is 11.5 Å². The van der Waals surface area contributed by atoms with Crippen LogP contribution in [0.25, 0.3) is 0 Å². The van der Waals surface area contributed by atoms with Crippen LogP contribution in [0.4, 0.5) is 0 Å². The molecular weight excluding hydrogens is 230 g/mol. The quantitative estimate of drug-likeness (QED) is 0.885. The third-order valence-corrected chi connectivity index (χ3v) is 3.04. The lowest BCUT2D eigenvalue weighted by Gasteiger charge is -2.28. The van der Waals surface area contributed by atoms with Crippen LogP contribution in [0, 0.1) is 6.92 Å². The number of benzene rings is 1. The highest BCUT2D eigenvalue weighted by molar-refractivity contribution is 5.42. The Labute approximate surface area is 108 Å². The molecular formula is C14H21NO3. The molecule has 0 amide bonds. The predicted octanol–water partition coefficient (Wildman–Crippen LogP) is 1.76. The summed E-state index contributed by atoms with van der Waals surface area (Å²) >= 11 is 0. The summed E-state index contributed by atoms with van der Waals surface area (Å²) in [7, 11) is 1.66.